The lowest BCUT2D eigenvalue weighted by Gasteiger charge is -2.29. The average molecular weight is 254 g/mol. The van der Waals surface area contributed by atoms with Crippen LogP contribution in [0.3, 0.4) is 0 Å². The van der Waals surface area contributed by atoms with Crippen molar-refractivity contribution in [2.75, 3.05) is 13.7 Å². The maximum absolute atomic E-state index is 11.5. The van der Waals surface area contributed by atoms with Gasteiger partial charge in [-0.2, -0.15) is 0 Å². The smallest absolute Gasteiger partial charge is 0.308 e. The van der Waals surface area contributed by atoms with Gasteiger partial charge in [0, 0.05) is 11.1 Å². The second-order valence-corrected chi connectivity index (χ2v) is 4.74. The summed E-state index contributed by atoms with van der Waals surface area (Å²) >= 11 is 5.97. The normalized spacial score (nSPS) is 24.4. The number of carbonyl (C=O) groups excluding carboxylic acids is 1. The fourth-order valence-electron chi connectivity index (χ4n) is 2.28. The highest BCUT2D eigenvalue weighted by Crippen LogP contribution is 2.29. The Bertz CT molecular complexity index is 408. The Hall–Kier alpha value is -1.06. The third-order valence-corrected chi connectivity index (χ3v) is 3.42. The fourth-order valence-corrected chi connectivity index (χ4v) is 2.47. The molecule has 0 aliphatic carbocycles. The highest BCUT2D eigenvalue weighted by molar-refractivity contribution is 6.30. The molecule has 1 aromatic rings. The van der Waals surface area contributed by atoms with Crippen LogP contribution < -0.4 is 5.32 Å². The number of hydrogen-bond acceptors (Lipinski definition) is 3. The molecule has 0 saturated carbocycles. The van der Waals surface area contributed by atoms with Gasteiger partial charge in [0.1, 0.15) is 0 Å². The number of esters is 1. The zero-order chi connectivity index (χ0) is 12.3. The molecule has 1 saturated heterocycles. The lowest BCUT2D eigenvalue weighted by molar-refractivity contribution is -0.146. The summed E-state index contributed by atoms with van der Waals surface area (Å²) in [5.74, 6) is -0.122. The molecule has 1 N–H and O–H groups in total. The number of ether oxygens (including phenoxy) is 1. The quantitative estimate of drug-likeness (QED) is 0.824. The molecule has 1 fully saturated rings. The minimum Gasteiger partial charge on any atom is -0.469 e. The Labute approximate surface area is 106 Å². The van der Waals surface area contributed by atoms with Crippen LogP contribution in [0, 0.1) is 5.92 Å². The molecule has 0 bridgehead atoms. The Morgan fingerprint density at radius 3 is 3.06 bits per heavy atom. The van der Waals surface area contributed by atoms with E-state index in [1.165, 1.54) is 7.11 Å². The molecule has 1 heterocycles. The number of nitrogens with one attached hydrogen (secondary N) is 1. The lowest BCUT2D eigenvalue weighted by atomic mass is 9.89. The Kier molecular flexibility index (Phi) is 4.02. The third-order valence-electron chi connectivity index (χ3n) is 3.19. The summed E-state index contributed by atoms with van der Waals surface area (Å²) in [5, 5.41) is 4.13. The monoisotopic (exact) mass is 253 g/mol. The summed E-state index contributed by atoms with van der Waals surface area (Å²) in [6.45, 7) is 0.830. The van der Waals surface area contributed by atoms with E-state index >= 15 is 0 Å². The first-order valence-electron chi connectivity index (χ1n) is 5.77. The van der Waals surface area contributed by atoms with Crippen molar-refractivity contribution >= 4 is 17.6 Å². The summed E-state index contributed by atoms with van der Waals surface area (Å²) in [4.78, 5) is 11.5. The first-order valence-corrected chi connectivity index (χ1v) is 6.15. The van der Waals surface area contributed by atoms with Gasteiger partial charge < -0.3 is 10.1 Å². The van der Waals surface area contributed by atoms with E-state index in [0.717, 1.165) is 30.0 Å². The SMILES string of the molecule is COC(=O)[C@H]1CCN[C@@H](c2cccc(Cl)c2)C1. The topological polar surface area (TPSA) is 38.3 Å². The minimum absolute atomic E-state index is 0.00904. The van der Waals surface area contributed by atoms with Gasteiger partial charge in [0.15, 0.2) is 0 Å². The van der Waals surface area contributed by atoms with Crippen LogP contribution in [0.25, 0.3) is 0 Å². The number of halogens is 1. The van der Waals surface area contributed by atoms with E-state index in [1.807, 2.05) is 24.3 Å². The molecule has 2 rings (SSSR count). The summed E-state index contributed by atoms with van der Waals surface area (Å²) in [7, 11) is 1.44. The van der Waals surface area contributed by atoms with Crippen molar-refractivity contribution in [1.82, 2.24) is 5.32 Å². The van der Waals surface area contributed by atoms with Crippen molar-refractivity contribution in [1.29, 1.82) is 0 Å². The van der Waals surface area contributed by atoms with Gasteiger partial charge in [0.05, 0.1) is 13.0 Å². The lowest BCUT2D eigenvalue weighted by Crippen LogP contribution is -2.35. The Morgan fingerprint density at radius 2 is 2.35 bits per heavy atom. The van der Waals surface area contributed by atoms with E-state index in [1.54, 1.807) is 0 Å². The molecular weight excluding hydrogens is 238 g/mol. The van der Waals surface area contributed by atoms with Crippen LogP contribution in [0.4, 0.5) is 0 Å². The second kappa shape index (κ2) is 5.52. The molecule has 0 amide bonds. The van der Waals surface area contributed by atoms with Crippen LogP contribution in [-0.2, 0) is 9.53 Å². The molecule has 0 unspecified atom stereocenters. The van der Waals surface area contributed by atoms with E-state index in [2.05, 4.69) is 5.32 Å². The van der Waals surface area contributed by atoms with Crippen LogP contribution in [0.1, 0.15) is 24.4 Å². The highest BCUT2D eigenvalue weighted by atomic mass is 35.5. The maximum Gasteiger partial charge on any atom is 0.308 e. The number of carbonyl (C=O) groups is 1. The number of benzene rings is 1. The van der Waals surface area contributed by atoms with E-state index in [0.29, 0.717) is 0 Å². The van der Waals surface area contributed by atoms with Gasteiger partial charge in [-0.05, 0) is 37.1 Å². The molecule has 1 aliphatic heterocycles. The van der Waals surface area contributed by atoms with Crippen molar-refractivity contribution in [2.45, 2.75) is 18.9 Å². The van der Waals surface area contributed by atoms with Crippen molar-refractivity contribution in [3.63, 3.8) is 0 Å². The Balaban J connectivity index is 2.09. The van der Waals surface area contributed by atoms with Gasteiger partial charge in [0.2, 0.25) is 0 Å². The first kappa shape index (κ1) is 12.4. The van der Waals surface area contributed by atoms with Gasteiger partial charge in [-0.1, -0.05) is 23.7 Å². The maximum atomic E-state index is 11.5. The number of methoxy groups -OCH3 is 1. The van der Waals surface area contributed by atoms with E-state index < -0.39 is 0 Å². The van der Waals surface area contributed by atoms with E-state index in [4.69, 9.17) is 16.3 Å². The van der Waals surface area contributed by atoms with Crippen molar-refractivity contribution in [2.24, 2.45) is 5.92 Å². The molecule has 0 aromatic heterocycles. The molecule has 0 radical (unpaired) electrons. The number of rotatable bonds is 2. The van der Waals surface area contributed by atoms with Crippen LogP contribution in [0.2, 0.25) is 5.02 Å². The number of piperidine rings is 1. The third kappa shape index (κ3) is 2.99. The van der Waals surface area contributed by atoms with Gasteiger partial charge in [0.25, 0.3) is 0 Å². The predicted octanol–water partition coefficient (Wildman–Crippen LogP) is 2.55. The van der Waals surface area contributed by atoms with Crippen molar-refractivity contribution in [3.8, 4) is 0 Å². The molecule has 3 nitrogen and oxygen atoms in total. The predicted molar refractivity (Wildman–Crippen MR) is 66.9 cm³/mol. The van der Waals surface area contributed by atoms with Crippen LogP contribution in [-0.4, -0.2) is 19.6 Å². The van der Waals surface area contributed by atoms with Crippen LogP contribution in [0.15, 0.2) is 24.3 Å². The largest absolute Gasteiger partial charge is 0.469 e. The van der Waals surface area contributed by atoms with Gasteiger partial charge in [-0.15, -0.1) is 0 Å². The minimum atomic E-state index is -0.112. The summed E-state index contributed by atoms with van der Waals surface area (Å²) in [6, 6.07) is 7.95. The molecule has 92 valence electrons. The van der Waals surface area contributed by atoms with Crippen LogP contribution >= 0.6 is 11.6 Å². The summed E-state index contributed by atoms with van der Waals surface area (Å²) < 4.78 is 4.80. The standard InChI is InChI=1S/C13H16ClNO2/c1-17-13(16)10-5-6-15-12(8-10)9-3-2-4-11(14)7-9/h2-4,7,10,12,15H,5-6,8H2,1H3/t10-,12+/m0/s1. The van der Waals surface area contributed by atoms with E-state index in [9.17, 15) is 4.79 Å². The summed E-state index contributed by atoms with van der Waals surface area (Å²) in [6.07, 6.45) is 1.61. The average Bonchev–Trinajstić information content (AvgIpc) is 2.38. The second-order valence-electron chi connectivity index (χ2n) is 4.31. The summed E-state index contributed by atoms with van der Waals surface area (Å²) in [5.41, 5.74) is 1.13. The van der Waals surface area contributed by atoms with Gasteiger partial charge in [-0.25, -0.2) is 0 Å². The molecule has 17 heavy (non-hydrogen) atoms. The van der Waals surface area contributed by atoms with Crippen LogP contribution in [0.5, 0.6) is 0 Å². The zero-order valence-electron chi connectivity index (χ0n) is 9.78. The van der Waals surface area contributed by atoms with E-state index in [-0.39, 0.29) is 17.9 Å². The zero-order valence-corrected chi connectivity index (χ0v) is 10.5. The van der Waals surface area contributed by atoms with Crippen molar-refractivity contribution in [3.05, 3.63) is 34.9 Å². The molecule has 0 spiro atoms. The molecular formula is C13H16ClNO2. The Morgan fingerprint density at radius 1 is 1.53 bits per heavy atom. The molecule has 1 aliphatic rings. The first-order chi connectivity index (χ1) is 8.20. The highest BCUT2D eigenvalue weighted by Gasteiger charge is 2.28. The molecule has 1 aromatic carbocycles. The molecule has 2 atom stereocenters. The van der Waals surface area contributed by atoms with Gasteiger partial charge >= 0.3 is 5.97 Å². The van der Waals surface area contributed by atoms with Crippen molar-refractivity contribution < 1.29 is 9.53 Å². The molecule has 4 heteroatoms. The number of hydrogen-bond donors (Lipinski definition) is 1. The fraction of sp³-hybridized carbons (Fsp3) is 0.462. The van der Waals surface area contributed by atoms with Gasteiger partial charge in [-0.3, -0.25) is 4.79 Å².